The molecule has 156 valence electrons. The maximum atomic E-state index is 2.42. The van der Waals surface area contributed by atoms with Gasteiger partial charge in [-0.25, -0.2) is 4.57 Å². The molecule has 1 nitrogen and oxygen atoms in total. The van der Waals surface area contributed by atoms with Crippen molar-refractivity contribution in [1.82, 2.24) is 0 Å². The van der Waals surface area contributed by atoms with Crippen LogP contribution in [0.15, 0.2) is 18.5 Å². The zero-order valence-electron chi connectivity index (χ0n) is 19.2. The molecule has 0 amide bonds. The monoisotopic (exact) mass is 374 g/mol. The quantitative estimate of drug-likeness (QED) is 0.202. The van der Waals surface area contributed by atoms with Crippen molar-refractivity contribution >= 4 is 0 Å². The summed E-state index contributed by atoms with van der Waals surface area (Å²) in [6.07, 6.45) is 23.2. The number of nitrogens with zero attached hydrogens (tertiary/aromatic N) is 1. The van der Waals surface area contributed by atoms with Crippen molar-refractivity contribution in [1.29, 1.82) is 0 Å². The molecule has 1 rings (SSSR count). The lowest BCUT2D eigenvalue weighted by Crippen LogP contribution is -2.34. The van der Waals surface area contributed by atoms with E-state index in [9.17, 15) is 0 Å². The van der Waals surface area contributed by atoms with Crippen LogP contribution < -0.4 is 4.57 Å². The maximum Gasteiger partial charge on any atom is 0.172 e. The third kappa shape index (κ3) is 10.9. The van der Waals surface area contributed by atoms with E-state index < -0.39 is 0 Å². The van der Waals surface area contributed by atoms with Gasteiger partial charge in [0.25, 0.3) is 0 Å². The van der Waals surface area contributed by atoms with Gasteiger partial charge in [-0.2, -0.15) is 0 Å². The Hall–Kier alpha value is -0.850. The standard InChI is InChI=1S/C26H48N/c1-6-7-8-9-10-11-12-13-14-15-16-17-18-20-27-21-19-25(23(2)3)26(22-27)24(4)5/h19,21-24H,6-18,20H2,1-5H3/q+1. The Bertz CT molecular complexity index is 475. The molecule has 0 unspecified atom stereocenters. The molecule has 0 N–H and O–H groups in total. The van der Waals surface area contributed by atoms with Crippen LogP contribution in [0.25, 0.3) is 0 Å². The Kier molecular flexibility index (Phi) is 13.5. The fourth-order valence-electron chi connectivity index (χ4n) is 4.03. The van der Waals surface area contributed by atoms with Crippen molar-refractivity contribution in [2.24, 2.45) is 0 Å². The van der Waals surface area contributed by atoms with Crippen molar-refractivity contribution in [2.75, 3.05) is 0 Å². The van der Waals surface area contributed by atoms with Crippen LogP contribution >= 0.6 is 0 Å². The molecular weight excluding hydrogens is 326 g/mol. The lowest BCUT2D eigenvalue weighted by molar-refractivity contribution is -0.697. The van der Waals surface area contributed by atoms with E-state index in [1.54, 1.807) is 0 Å². The topological polar surface area (TPSA) is 3.88 Å². The molecule has 0 aliphatic rings. The number of aromatic nitrogens is 1. The van der Waals surface area contributed by atoms with Gasteiger partial charge in [0.1, 0.15) is 6.54 Å². The SMILES string of the molecule is CCCCCCCCCCCCCCC[n+]1ccc(C(C)C)c(C(C)C)c1. The average molecular weight is 375 g/mol. The molecule has 0 aliphatic heterocycles. The molecule has 27 heavy (non-hydrogen) atoms. The largest absolute Gasteiger partial charge is 0.205 e. The summed E-state index contributed by atoms with van der Waals surface area (Å²) in [7, 11) is 0. The summed E-state index contributed by atoms with van der Waals surface area (Å²) in [5, 5.41) is 0. The van der Waals surface area contributed by atoms with Crippen LogP contribution in [0.5, 0.6) is 0 Å². The fourth-order valence-corrected chi connectivity index (χ4v) is 4.03. The van der Waals surface area contributed by atoms with Gasteiger partial charge in [0.15, 0.2) is 12.4 Å². The minimum atomic E-state index is 0.612. The van der Waals surface area contributed by atoms with E-state index in [-0.39, 0.29) is 0 Å². The van der Waals surface area contributed by atoms with Crippen molar-refractivity contribution < 1.29 is 4.57 Å². The molecule has 0 atom stereocenters. The second-order valence-corrected chi connectivity index (χ2v) is 9.15. The van der Waals surface area contributed by atoms with Crippen LogP contribution in [0.4, 0.5) is 0 Å². The first kappa shape index (κ1) is 24.2. The van der Waals surface area contributed by atoms with Crippen LogP contribution in [0.3, 0.4) is 0 Å². The fraction of sp³-hybridized carbons (Fsp3) is 0.808. The van der Waals surface area contributed by atoms with Crippen LogP contribution in [0.1, 0.15) is 141 Å². The Morgan fingerprint density at radius 2 is 1.07 bits per heavy atom. The molecule has 0 radical (unpaired) electrons. The number of hydrogen-bond donors (Lipinski definition) is 0. The normalized spacial score (nSPS) is 11.7. The number of pyridine rings is 1. The highest BCUT2D eigenvalue weighted by atomic mass is 14.9. The van der Waals surface area contributed by atoms with Crippen LogP contribution in [0.2, 0.25) is 0 Å². The number of aryl methyl sites for hydroxylation is 1. The molecule has 0 bridgehead atoms. The van der Waals surface area contributed by atoms with Crippen molar-refractivity contribution in [2.45, 2.75) is 136 Å². The van der Waals surface area contributed by atoms with E-state index in [2.05, 4.69) is 57.6 Å². The Morgan fingerprint density at radius 3 is 1.52 bits per heavy atom. The van der Waals surface area contributed by atoms with E-state index in [0.29, 0.717) is 11.8 Å². The number of unbranched alkanes of at least 4 members (excludes halogenated alkanes) is 12. The van der Waals surface area contributed by atoms with Gasteiger partial charge in [-0.1, -0.05) is 105 Å². The smallest absolute Gasteiger partial charge is 0.172 e. The third-order valence-corrected chi connectivity index (χ3v) is 5.85. The van der Waals surface area contributed by atoms with Gasteiger partial charge >= 0.3 is 0 Å². The highest BCUT2D eigenvalue weighted by molar-refractivity contribution is 5.27. The summed E-state index contributed by atoms with van der Waals surface area (Å²) >= 11 is 0. The van der Waals surface area contributed by atoms with Crippen LogP contribution in [0, 0.1) is 0 Å². The first-order valence-electron chi connectivity index (χ1n) is 12.1. The van der Waals surface area contributed by atoms with Gasteiger partial charge in [-0.15, -0.1) is 0 Å². The minimum Gasteiger partial charge on any atom is -0.205 e. The second kappa shape index (κ2) is 15.1. The first-order chi connectivity index (χ1) is 13.1. The second-order valence-electron chi connectivity index (χ2n) is 9.15. The summed E-state index contributed by atoms with van der Waals surface area (Å²) in [6.45, 7) is 12.7. The molecule has 0 saturated heterocycles. The summed E-state index contributed by atoms with van der Waals surface area (Å²) in [5.41, 5.74) is 3.05. The molecule has 1 heteroatoms. The Balaban J connectivity index is 2.07. The summed E-state index contributed by atoms with van der Waals surface area (Å²) in [6, 6.07) is 2.35. The Morgan fingerprint density at radius 1 is 0.630 bits per heavy atom. The van der Waals surface area contributed by atoms with Gasteiger partial charge in [-0.3, -0.25) is 0 Å². The molecule has 0 aliphatic carbocycles. The van der Waals surface area contributed by atoms with Gasteiger partial charge in [0.05, 0.1) is 0 Å². The molecule has 1 aromatic rings. The van der Waals surface area contributed by atoms with Crippen molar-refractivity contribution in [3.05, 3.63) is 29.6 Å². The summed E-state index contributed by atoms with van der Waals surface area (Å²) in [4.78, 5) is 0. The van der Waals surface area contributed by atoms with E-state index in [1.165, 1.54) is 101 Å². The van der Waals surface area contributed by atoms with Gasteiger partial charge in [0.2, 0.25) is 0 Å². The van der Waals surface area contributed by atoms with Gasteiger partial charge < -0.3 is 0 Å². The molecule has 0 fully saturated rings. The van der Waals surface area contributed by atoms with E-state index in [1.807, 2.05) is 0 Å². The zero-order valence-corrected chi connectivity index (χ0v) is 19.2. The minimum absolute atomic E-state index is 0.612. The predicted molar refractivity (Wildman–Crippen MR) is 121 cm³/mol. The highest BCUT2D eigenvalue weighted by Gasteiger charge is 2.14. The summed E-state index contributed by atoms with van der Waals surface area (Å²) in [5.74, 6) is 1.23. The lowest BCUT2D eigenvalue weighted by atomic mass is 9.92. The molecule has 0 aromatic carbocycles. The van der Waals surface area contributed by atoms with Crippen LogP contribution in [-0.2, 0) is 6.54 Å². The van der Waals surface area contributed by atoms with E-state index in [0.717, 1.165) is 0 Å². The molecular formula is C26H48N+. The Labute approximate surface area is 171 Å². The zero-order chi connectivity index (χ0) is 19.9. The molecule has 1 aromatic heterocycles. The van der Waals surface area contributed by atoms with Crippen molar-refractivity contribution in [3.63, 3.8) is 0 Å². The summed E-state index contributed by atoms with van der Waals surface area (Å²) < 4.78 is 2.42. The van der Waals surface area contributed by atoms with Gasteiger partial charge in [-0.05, 0) is 23.8 Å². The van der Waals surface area contributed by atoms with Crippen LogP contribution in [-0.4, -0.2) is 0 Å². The van der Waals surface area contributed by atoms with E-state index >= 15 is 0 Å². The van der Waals surface area contributed by atoms with Gasteiger partial charge in [0, 0.05) is 18.1 Å². The molecule has 0 spiro atoms. The molecule has 0 saturated carbocycles. The van der Waals surface area contributed by atoms with Crippen molar-refractivity contribution in [3.8, 4) is 0 Å². The van der Waals surface area contributed by atoms with E-state index in [4.69, 9.17) is 0 Å². The number of hydrogen-bond acceptors (Lipinski definition) is 0. The average Bonchev–Trinajstić information content (AvgIpc) is 2.65. The third-order valence-electron chi connectivity index (χ3n) is 5.85. The lowest BCUT2D eigenvalue weighted by Gasteiger charge is -2.14. The highest BCUT2D eigenvalue weighted by Crippen LogP contribution is 2.24. The molecule has 1 heterocycles. The predicted octanol–water partition coefficient (Wildman–Crippen LogP) is 8.31. The number of rotatable bonds is 16. The first-order valence-corrected chi connectivity index (χ1v) is 12.1. The maximum absolute atomic E-state index is 2.42.